The monoisotopic (exact) mass is 788 g/mol. The van der Waals surface area contributed by atoms with Crippen molar-refractivity contribution in [2.24, 2.45) is 0 Å². The first-order valence-corrected chi connectivity index (χ1v) is 22.7. The maximum absolute atomic E-state index is 2.54. The van der Waals surface area contributed by atoms with E-state index in [4.69, 9.17) is 0 Å². The highest BCUT2D eigenvalue weighted by molar-refractivity contribution is 6.67. The molecule has 0 nitrogen and oxygen atoms in total. The minimum absolute atomic E-state index is 0.746. The quantitative estimate of drug-likeness (QED) is 0.0894. The van der Waals surface area contributed by atoms with E-state index in [1.165, 1.54) is 120 Å². The van der Waals surface area contributed by atoms with E-state index < -0.39 is 9.52 Å². The predicted octanol–water partition coefficient (Wildman–Crippen LogP) is 14.4. The van der Waals surface area contributed by atoms with Gasteiger partial charge in [0, 0.05) is 0 Å². The molecule has 12 aromatic carbocycles. The Hall–Kier alpha value is -7.58. The third-order valence-corrected chi connectivity index (χ3v) is 14.5. The Kier molecular flexibility index (Phi) is 8.47. The van der Waals surface area contributed by atoms with Gasteiger partial charge < -0.3 is 0 Å². The summed E-state index contributed by atoms with van der Waals surface area (Å²) in [6, 6.07) is 86.3. The molecule has 0 spiro atoms. The topological polar surface area (TPSA) is 0 Å². The summed E-state index contributed by atoms with van der Waals surface area (Å²) in [7, 11) is -0.746. The summed E-state index contributed by atoms with van der Waals surface area (Å²) < 4.78 is 0. The molecule has 0 saturated heterocycles. The fourth-order valence-corrected chi connectivity index (χ4v) is 11.4. The molecule has 0 aliphatic rings. The molecule has 0 atom stereocenters. The van der Waals surface area contributed by atoms with Crippen molar-refractivity contribution in [2.45, 2.75) is 0 Å². The van der Waals surface area contributed by atoms with Crippen molar-refractivity contribution >= 4 is 84.5 Å². The average Bonchev–Trinajstić information content (AvgIpc) is 3.33. The van der Waals surface area contributed by atoms with Crippen molar-refractivity contribution in [1.82, 2.24) is 0 Å². The van der Waals surface area contributed by atoms with Gasteiger partial charge in [-0.05, 0) is 146 Å². The van der Waals surface area contributed by atoms with Gasteiger partial charge in [-0.15, -0.1) is 0 Å². The molecule has 0 N–H and O–H groups in total. The van der Waals surface area contributed by atoms with E-state index >= 15 is 0 Å². The molecule has 0 unspecified atom stereocenters. The molecule has 12 aromatic rings. The van der Waals surface area contributed by atoms with Gasteiger partial charge in [-0.3, -0.25) is 0 Å². The van der Waals surface area contributed by atoms with Gasteiger partial charge in [-0.1, -0.05) is 204 Å². The van der Waals surface area contributed by atoms with Crippen molar-refractivity contribution in [1.29, 1.82) is 0 Å². The highest BCUT2D eigenvalue weighted by Gasteiger charge is 2.21. The molecular weight excluding hydrogens is 749 g/mol. The molecule has 0 aromatic heterocycles. The van der Waals surface area contributed by atoms with Crippen LogP contribution in [-0.2, 0) is 0 Å². The Morgan fingerprint density at radius 2 is 0.705 bits per heavy atom. The Morgan fingerprint density at radius 3 is 1.36 bits per heavy atom. The second-order valence-corrected chi connectivity index (χ2v) is 18.4. The molecule has 0 fully saturated rings. The van der Waals surface area contributed by atoms with Crippen LogP contribution in [0.25, 0.3) is 109 Å². The summed E-state index contributed by atoms with van der Waals surface area (Å²) in [6.07, 6.45) is 0. The van der Waals surface area contributed by atoms with E-state index in [0.717, 1.165) is 0 Å². The molecule has 0 heterocycles. The third kappa shape index (κ3) is 6.21. The van der Waals surface area contributed by atoms with E-state index in [2.05, 4.69) is 231 Å². The van der Waals surface area contributed by atoms with Gasteiger partial charge >= 0.3 is 0 Å². The molecule has 0 aliphatic heterocycles. The van der Waals surface area contributed by atoms with Gasteiger partial charge in [0.2, 0.25) is 0 Å². The van der Waals surface area contributed by atoms with E-state index in [0.29, 0.717) is 0 Å². The summed E-state index contributed by atoms with van der Waals surface area (Å²) in [5.74, 6) is 0. The maximum Gasteiger partial charge on any atom is 0.0875 e. The van der Waals surface area contributed by atoms with Crippen LogP contribution < -0.4 is 10.4 Å². The lowest BCUT2D eigenvalue weighted by Crippen LogP contribution is -2.26. The van der Waals surface area contributed by atoms with Gasteiger partial charge in [-0.25, -0.2) is 0 Å². The second-order valence-electron chi connectivity index (χ2n) is 16.5. The van der Waals surface area contributed by atoms with Gasteiger partial charge in [0.05, 0.1) is 9.52 Å². The minimum atomic E-state index is -0.746. The van der Waals surface area contributed by atoms with Crippen molar-refractivity contribution in [3.63, 3.8) is 0 Å². The fourth-order valence-electron chi connectivity index (χ4n) is 9.87. The number of fused-ring (bicyclic) bond motifs is 7. The van der Waals surface area contributed by atoms with Gasteiger partial charge in [0.25, 0.3) is 0 Å². The molecule has 12 rings (SSSR count). The first-order chi connectivity index (χ1) is 30.2. The predicted molar refractivity (Wildman–Crippen MR) is 267 cm³/mol. The number of hydrogen-bond acceptors (Lipinski definition) is 0. The fraction of sp³-hybridized carbons (Fsp3) is 0. The summed E-state index contributed by atoms with van der Waals surface area (Å²) in [5, 5.41) is 18.1. The lowest BCUT2D eigenvalue weighted by Gasteiger charge is -2.21. The zero-order valence-corrected chi connectivity index (χ0v) is 35.1. The van der Waals surface area contributed by atoms with Crippen molar-refractivity contribution in [3.8, 4) is 44.5 Å². The molecular formula is C60H40Si. The van der Waals surface area contributed by atoms with Crippen LogP contribution in [-0.4, -0.2) is 9.52 Å². The smallest absolute Gasteiger partial charge is 0.0633 e. The first-order valence-electron chi connectivity index (χ1n) is 21.3. The van der Waals surface area contributed by atoms with E-state index in [-0.39, 0.29) is 0 Å². The third-order valence-electron chi connectivity index (χ3n) is 12.8. The van der Waals surface area contributed by atoms with Crippen LogP contribution in [0.5, 0.6) is 0 Å². The summed E-state index contributed by atoms with van der Waals surface area (Å²) in [6.45, 7) is 0. The Labute approximate surface area is 357 Å². The van der Waals surface area contributed by atoms with Crippen LogP contribution in [0.2, 0.25) is 0 Å². The molecule has 284 valence electrons. The summed E-state index contributed by atoms with van der Waals surface area (Å²) in [5.41, 5.74) is 9.93. The molecule has 0 bridgehead atoms. The lowest BCUT2D eigenvalue weighted by molar-refractivity contribution is 1.60. The highest BCUT2D eigenvalue weighted by atomic mass is 28.2. The molecule has 0 aliphatic carbocycles. The number of rotatable bonds is 6. The van der Waals surface area contributed by atoms with E-state index in [1.54, 1.807) is 0 Å². The van der Waals surface area contributed by atoms with E-state index in [1.807, 2.05) is 0 Å². The van der Waals surface area contributed by atoms with Crippen LogP contribution in [0.3, 0.4) is 0 Å². The van der Waals surface area contributed by atoms with Crippen LogP contribution in [0, 0.1) is 0 Å². The Balaban J connectivity index is 1.19. The van der Waals surface area contributed by atoms with E-state index in [9.17, 15) is 0 Å². The highest BCUT2D eigenvalue weighted by Crippen LogP contribution is 2.47. The number of hydrogen-bond donors (Lipinski definition) is 0. The van der Waals surface area contributed by atoms with Gasteiger partial charge in [0.15, 0.2) is 0 Å². The Bertz CT molecular complexity index is 3580. The standard InChI is InChI=1S/C60H40Si/c1-2-19-49(20-3-1)61-50-30-31-56-58(38-50)59(54-24-12-13-25-55(54)60(56)57-37-45-18-8-9-21-51(45)52-22-10-11-23-53(52)57)48-35-46(43-28-26-39-14-4-6-16-41(39)32-43)34-47(36-48)44-29-27-40-15-5-7-17-42(40)33-44/h1-38H,61H2. The maximum atomic E-state index is 2.54. The van der Waals surface area contributed by atoms with Crippen LogP contribution in [0.4, 0.5) is 0 Å². The summed E-state index contributed by atoms with van der Waals surface area (Å²) in [4.78, 5) is 0. The molecule has 0 radical (unpaired) electrons. The average molecular weight is 789 g/mol. The summed E-state index contributed by atoms with van der Waals surface area (Å²) >= 11 is 0. The molecule has 0 saturated carbocycles. The van der Waals surface area contributed by atoms with Crippen LogP contribution >= 0.6 is 0 Å². The lowest BCUT2D eigenvalue weighted by atomic mass is 9.83. The number of benzene rings is 12. The Morgan fingerprint density at radius 1 is 0.213 bits per heavy atom. The molecule has 61 heavy (non-hydrogen) atoms. The zero-order valence-electron chi connectivity index (χ0n) is 33.6. The van der Waals surface area contributed by atoms with Crippen molar-refractivity contribution in [2.75, 3.05) is 0 Å². The largest absolute Gasteiger partial charge is 0.0875 e. The van der Waals surface area contributed by atoms with Crippen molar-refractivity contribution < 1.29 is 0 Å². The van der Waals surface area contributed by atoms with Crippen LogP contribution in [0.15, 0.2) is 231 Å². The minimum Gasteiger partial charge on any atom is -0.0633 e. The molecule has 1 heteroatoms. The normalized spacial score (nSPS) is 11.9. The zero-order chi connectivity index (χ0) is 40.3. The SMILES string of the molecule is c1ccc([SiH2]c2ccc3c(-c4cc5ccccc5c5ccccc45)c4ccccc4c(-c4cc(-c5ccc6ccccc6c5)cc(-c5ccc6ccccc6c5)c4)c3c2)cc1. The van der Waals surface area contributed by atoms with Gasteiger partial charge in [0.1, 0.15) is 0 Å². The van der Waals surface area contributed by atoms with Crippen LogP contribution in [0.1, 0.15) is 0 Å². The van der Waals surface area contributed by atoms with Gasteiger partial charge in [-0.2, -0.15) is 0 Å². The second kappa shape index (κ2) is 14.6. The molecule has 0 amide bonds. The first kappa shape index (κ1) is 35.4. The van der Waals surface area contributed by atoms with Crippen molar-refractivity contribution in [3.05, 3.63) is 231 Å².